The van der Waals surface area contributed by atoms with Gasteiger partial charge in [0.1, 0.15) is 0 Å². The number of carboxylic acid groups (broad SMARTS) is 1. The molecule has 2 amide bonds. The minimum absolute atomic E-state index is 0.247. The number of anilines is 1. The van der Waals surface area contributed by atoms with Gasteiger partial charge in [-0.1, -0.05) is 18.3 Å². The van der Waals surface area contributed by atoms with E-state index in [1.165, 1.54) is 11.3 Å². The number of hydrogen-bond donors (Lipinski definition) is 2. The molecule has 1 aromatic heterocycles. The van der Waals surface area contributed by atoms with E-state index in [0.29, 0.717) is 30.9 Å². The number of carboxylic acids is 1. The van der Waals surface area contributed by atoms with Gasteiger partial charge < -0.3 is 10.0 Å². The van der Waals surface area contributed by atoms with Gasteiger partial charge in [0.25, 0.3) is 0 Å². The lowest BCUT2D eigenvalue weighted by Gasteiger charge is -2.39. The van der Waals surface area contributed by atoms with Crippen molar-refractivity contribution in [2.24, 2.45) is 5.41 Å². The third-order valence-corrected chi connectivity index (χ3v) is 5.08. The van der Waals surface area contributed by atoms with Crippen molar-refractivity contribution >= 4 is 44.4 Å². The number of thiazole rings is 1. The number of carbonyl (C=O) groups is 2. The van der Waals surface area contributed by atoms with Crippen LogP contribution in [0.2, 0.25) is 0 Å². The molecular weight excluding hydrogens is 346 g/mol. The van der Waals surface area contributed by atoms with Crippen LogP contribution in [-0.2, 0) is 4.79 Å². The molecule has 1 aromatic rings. The molecular formula is C12H16BrN3O3S. The Kier molecular flexibility index (Phi) is 4.64. The van der Waals surface area contributed by atoms with Crippen LogP contribution in [0.5, 0.6) is 0 Å². The van der Waals surface area contributed by atoms with Crippen molar-refractivity contribution in [3.8, 4) is 0 Å². The Hall–Kier alpha value is -1.15. The monoisotopic (exact) mass is 361 g/mol. The Labute approximate surface area is 129 Å². The second-order valence-electron chi connectivity index (χ2n) is 4.86. The normalized spacial score (nSPS) is 22.6. The molecule has 8 heteroatoms. The number of aromatic nitrogens is 1. The quantitative estimate of drug-likeness (QED) is 0.866. The van der Waals surface area contributed by atoms with Crippen molar-refractivity contribution in [3.05, 3.63) is 9.98 Å². The Bertz CT molecular complexity index is 522. The maximum absolute atomic E-state index is 12.2. The zero-order valence-electron chi connectivity index (χ0n) is 11.1. The van der Waals surface area contributed by atoms with E-state index >= 15 is 0 Å². The molecule has 110 valence electrons. The number of nitrogens with zero attached hydrogens (tertiary/aromatic N) is 2. The third kappa shape index (κ3) is 3.12. The number of piperidine rings is 1. The first-order chi connectivity index (χ1) is 9.47. The second kappa shape index (κ2) is 6.09. The summed E-state index contributed by atoms with van der Waals surface area (Å²) in [5, 5.41) is 12.6. The van der Waals surface area contributed by atoms with Gasteiger partial charge >= 0.3 is 12.0 Å². The molecule has 0 radical (unpaired) electrons. The van der Waals surface area contributed by atoms with Gasteiger partial charge in [0.2, 0.25) is 0 Å². The fraction of sp³-hybridized carbons (Fsp3) is 0.583. The highest BCUT2D eigenvalue weighted by atomic mass is 79.9. The summed E-state index contributed by atoms with van der Waals surface area (Å²) in [6, 6.07) is -0.286. The zero-order valence-corrected chi connectivity index (χ0v) is 13.5. The van der Waals surface area contributed by atoms with E-state index in [9.17, 15) is 14.7 Å². The lowest BCUT2D eigenvalue weighted by atomic mass is 9.78. The van der Waals surface area contributed by atoms with Crippen LogP contribution in [0, 0.1) is 5.41 Å². The predicted octanol–water partition coefficient (Wildman–Crippen LogP) is 3.01. The maximum Gasteiger partial charge on any atom is 0.323 e. The minimum Gasteiger partial charge on any atom is -0.481 e. The lowest BCUT2D eigenvalue weighted by Crippen LogP contribution is -2.50. The number of halogens is 1. The summed E-state index contributed by atoms with van der Waals surface area (Å²) in [6.45, 7) is 2.68. The first-order valence-electron chi connectivity index (χ1n) is 6.37. The summed E-state index contributed by atoms with van der Waals surface area (Å²) in [5.41, 5.74) is -0.820. The molecule has 2 heterocycles. The Morgan fingerprint density at radius 1 is 1.65 bits per heavy atom. The third-order valence-electron chi connectivity index (χ3n) is 3.69. The summed E-state index contributed by atoms with van der Waals surface area (Å²) in [5.74, 6) is -0.825. The molecule has 1 saturated heterocycles. The van der Waals surface area contributed by atoms with Gasteiger partial charge in [0.05, 0.1) is 15.4 Å². The van der Waals surface area contributed by atoms with Crippen LogP contribution in [0.4, 0.5) is 9.93 Å². The molecule has 1 unspecified atom stereocenters. The summed E-state index contributed by atoms with van der Waals surface area (Å²) in [6.07, 6.45) is 3.46. The predicted molar refractivity (Wildman–Crippen MR) is 80.0 cm³/mol. The highest BCUT2D eigenvalue weighted by Crippen LogP contribution is 2.34. The van der Waals surface area contributed by atoms with Crippen molar-refractivity contribution in [2.75, 3.05) is 18.4 Å². The Balaban J connectivity index is 2.05. The number of amides is 2. The molecule has 0 spiro atoms. The standard InChI is InChI=1S/C12H16BrN3O3S/c1-2-12(9(17)18)4-3-5-16(7-12)11(19)15-10-14-6-8(13)20-10/h6H,2-5,7H2,1H3,(H,17,18)(H,14,15,19). The highest BCUT2D eigenvalue weighted by Gasteiger charge is 2.42. The van der Waals surface area contributed by atoms with Crippen LogP contribution in [0.15, 0.2) is 9.98 Å². The van der Waals surface area contributed by atoms with Crippen LogP contribution in [0.25, 0.3) is 0 Å². The van der Waals surface area contributed by atoms with Crippen LogP contribution >= 0.6 is 27.3 Å². The maximum atomic E-state index is 12.2. The van der Waals surface area contributed by atoms with Crippen LogP contribution in [-0.4, -0.2) is 40.1 Å². The molecule has 0 aliphatic carbocycles. The number of aliphatic carboxylic acids is 1. The zero-order chi connectivity index (χ0) is 14.8. The van der Waals surface area contributed by atoms with Crippen LogP contribution in [0.3, 0.4) is 0 Å². The second-order valence-corrected chi connectivity index (χ2v) is 7.27. The summed E-state index contributed by atoms with van der Waals surface area (Å²) in [7, 11) is 0. The average molecular weight is 362 g/mol. The number of urea groups is 1. The Morgan fingerprint density at radius 3 is 2.95 bits per heavy atom. The van der Waals surface area contributed by atoms with E-state index < -0.39 is 11.4 Å². The first kappa shape index (κ1) is 15.2. The van der Waals surface area contributed by atoms with E-state index in [1.807, 2.05) is 6.92 Å². The van der Waals surface area contributed by atoms with Crippen molar-refractivity contribution in [1.29, 1.82) is 0 Å². The fourth-order valence-electron chi connectivity index (χ4n) is 2.40. The van der Waals surface area contributed by atoms with Crippen LogP contribution in [0.1, 0.15) is 26.2 Å². The summed E-state index contributed by atoms with van der Waals surface area (Å²) >= 11 is 4.60. The largest absolute Gasteiger partial charge is 0.481 e. The van der Waals surface area contributed by atoms with E-state index in [2.05, 4.69) is 26.2 Å². The van der Waals surface area contributed by atoms with E-state index in [0.717, 1.165) is 3.79 Å². The minimum atomic E-state index is -0.825. The molecule has 0 aromatic carbocycles. The van der Waals surface area contributed by atoms with E-state index in [1.54, 1.807) is 11.1 Å². The molecule has 0 bridgehead atoms. The topological polar surface area (TPSA) is 82.5 Å². The average Bonchev–Trinajstić information content (AvgIpc) is 2.83. The molecule has 1 aliphatic rings. The number of carbonyl (C=O) groups excluding carboxylic acids is 1. The van der Waals surface area contributed by atoms with Gasteiger partial charge in [-0.3, -0.25) is 10.1 Å². The smallest absolute Gasteiger partial charge is 0.323 e. The fourth-order valence-corrected chi connectivity index (χ4v) is 3.50. The van der Waals surface area contributed by atoms with Gasteiger partial charge in [-0.05, 0) is 35.2 Å². The first-order valence-corrected chi connectivity index (χ1v) is 7.98. The summed E-state index contributed by atoms with van der Waals surface area (Å²) < 4.78 is 0.833. The molecule has 1 atom stereocenters. The Morgan fingerprint density at radius 2 is 2.40 bits per heavy atom. The molecule has 2 rings (SSSR count). The SMILES string of the molecule is CCC1(C(=O)O)CCCN(C(=O)Nc2ncc(Br)s2)C1. The molecule has 1 aliphatic heterocycles. The number of rotatable bonds is 3. The van der Waals surface area contributed by atoms with E-state index in [-0.39, 0.29) is 12.6 Å². The van der Waals surface area contributed by atoms with E-state index in [4.69, 9.17) is 0 Å². The molecule has 20 heavy (non-hydrogen) atoms. The number of nitrogens with one attached hydrogen (secondary N) is 1. The lowest BCUT2D eigenvalue weighted by molar-refractivity contribution is -0.152. The van der Waals surface area contributed by atoms with Crippen molar-refractivity contribution in [2.45, 2.75) is 26.2 Å². The van der Waals surface area contributed by atoms with Gasteiger partial charge in [-0.25, -0.2) is 9.78 Å². The van der Waals surface area contributed by atoms with Crippen molar-refractivity contribution < 1.29 is 14.7 Å². The van der Waals surface area contributed by atoms with Gasteiger partial charge in [-0.2, -0.15) is 0 Å². The molecule has 6 nitrogen and oxygen atoms in total. The molecule has 1 fully saturated rings. The van der Waals surface area contributed by atoms with Crippen LogP contribution < -0.4 is 5.32 Å². The number of hydrogen-bond acceptors (Lipinski definition) is 4. The van der Waals surface area contributed by atoms with Crippen molar-refractivity contribution in [3.63, 3.8) is 0 Å². The van der Waals surface area contributed by atoms with Crippen molar-refractivity contribution in [1.82, 2.24) is 9.88 Å². The van der Waals surface area contributed by atoms with Gasteiger partial charge in [0.15, 0.2) is 5.13 Å². The molecule has 0 saturated carbocycles. The highest BCUT2D eigenvalue weighted by molar-refractivity contribution is 9.11. The van der Waals surface area contributed by atoms with Gasteiger partial charge in [0, 0.05) is 13.1 Å². The molecule has 2 N–H and O–H groups in total. The number of likely N-dealkylation sites (tertiary alicyclic amines) is 1. The van der Waals surface area contributed by atoms with Gasteiger partial charge in [-0.15, -0.1) is 0 Å². The summed E-state index contributed by atoms with van der Waals surface area (Å²) in [4.78, 5) is 29.2.